The summed E-state index contributed by atoms with van der Waals surface area (Å²) in [4.78, 5) is 8.40. The summed E-state index contributed by atoms with van der Waals surface area (Å²) in [5, 5.41) is 7.33. The molecule has 0 atom stereocenters. The molecule has 0 bridgehead atoms. The van der Waals surface area contributed by atoms with E-state index in [0.717, 1.165) is 12.1 Å². The first-order valence-corrected chi connectivity index (χ1v) is 9.66. The standard InChI is InChI=1S/C14H19F3N6O2S/c1-2-11-7-12(23-13(21-11)19-9-20-23)18-8-10-3-5-22(6-4-10)26(24,25)14(15,16)17/h7,9-10,18H,2-6,8H2,1H3. The molecule has 0 aromatic carbocycles. The molecule has 2 aromatic rings. The normalized spacial score (nSPS) is 17.7. The molecule has 1 saturated heterocycles. The molecule has 12 heteroatoms. The summed E-state index contributed by atoms with van der Waals surface area (Å²) in [5.74, 6) is 1.24. The van der Waals surface area contributed by atoms with Crippen LogP contribution in [-0.2, 0) is 16.4 Å². The van der Waals surface area contributed by atoms with Crippen LogP contribution in [0.15, 0.2) is 12.4 Å². The van der Waals surface area contributed by atoms with E-state index in [1.807, 2.05) is 13.0 Å². The van der Waals surface area contributed by atoms with Crippen LogP contribution < -0.4 is 5.32 Å². The number of sulfonamides is 1. The Balaban J connectivity index is 1.62. The molecule has 3 rings (SSSR count). The zero-order valence-corrected chi connectivity index (χ0v) is 14.9. The minimum Gasteiger partial charge on any atom is -0.370 e. The summed E-state index contributed by atoms with van der Waals surface area (Å²) in [7, 11) is -5.24. The van der Waals surface area contributed by atoms with Gasteiger partial charge in [-0.2, -0.15) is 32.1 Å². The van der Waals surface area contributed by atoms with Gasteiger partial charge in [-0.1, -0.05) is 6.92 Å². The number of hydrogen-bond donors (Lipinski definition) is 1. The molecule has 144 valence electrons. The first-order chi connectivity index (χ1) is 12.2. The van der Waals surface area contributed by atoms with E-state index in [0.29, 0.717) is 35.3 Å². The van der Waals surface area contributed by atoms with Crippen LogP contribution in [0.1, 0.15) is 25.5 Å². The molecule has 0 spiro atoms. The Hall–Kier alpha value is -1.95. The molecule has 3 heterocycles. The van der Waals surface area contributed by atoms with Gasteiger partial charge in [0.05, 0.1) is 0 Å². The van der Waals surface area contributed by atoms with Gasteiger partial charge in [0.1, 0.15) is 12.1 Å². The van der Waals surface area contributed by atoms with Crippen molar-refractivity contribution in [3.05, 3.63) is 18.1 Å². The van der Waals surface area contributed by atoms with Crippen LogP contribution in [0, 0.1) is 5.92 Å². The highest BCUT2D eigenvalue weighted by Gasteiger charge is 2.50. The van der Waals surface area contributed by atoms with Crippen molar-refractivity contribution >= 4 is 21.6 Å². The van der Waals surface area contributed by atoms with Crippen LogP contribution in [0.5, 0.6) is 0 Å². The van der Waals surface area contributed by atoms with Crippen LogP contribution in [-0.4, -0.2) is 57.4 Å². The summed E-state index contributed by atoms with van der Waals surface area (Å²) in [6, 6.07) is 1.85. The number of hydrogen-bond acceptors (Lipinski definition) is 6. The molecule has 1 N–H and O–H groups in total. The summed E-state index contributed by atoms with van der Waals surface area (Å²) in [5.41, 5.74) is -4.40. The lowest BCUT2D eigenvalue weighted by molar-refractivity contribution is -0.0496. The second kappa shape index (κ2) is 6.99. The Morgan fingerprint density at radius 3 is 2.62 bits per heavy atom. The topological polar surface area (TPSA) is 92.5 Å². The second-order valence-corrected chi connectivity index (χ2v) is 8.06. The lowest BCUT2D eigenvalue weighted by Crippen LogP contribution is -2.45. The van der Waals surface area contributed by atoms with E-state index in [1.54, 1.807) is 4.52 Å². The van der Waals surface area contributed by atoms with Crippen LogP contribution in [0.2, 0.25) is 0 Å². The molecule has 0 aliphatic carbocycles. The van der Waals surface area contributed by atoms with E-state index in [1.165, 1.54) is 6.33 Å². The third kappa shape index (κ3) is 3.61. The zero-order valence-electron chi connectivity index (χ0n) is 14.1. The van der Waals surface area contributed by atoms with Crippen molar-refractivity contribution < 1.29 is 21.6 Å². The Kier molecular flexibility index (Phi) is 5.06. The quantitative estimate of drug-likeness (QED) is 0.832. The molecule has 26 heavy (non-hydrogen) atoms. The number of halogens is 3. The van der Waals surface area contributed by atoms with Gasteiger partial charge in [-0.25, -0.2) is 13.4 Å². The molecule has 1 fully saturated rings. The largest absolute Gasteiger partial charge is 0.511 e. The first kappa shape index (κ1) is 18.8. The maximum atomic E-state index is 12.6. The van der Waals surface area contributed by atoms with E-state index in [-0.39, 0.29) is 19.0 Å². The third-order valence-electron chi connectivity index (χ3n) is 4.44. The van der Waals surface area contributed by atoms with Crippen molar-refractivity contribution in [2.45, 2.75) is 31.7 Å². The van der Waals surface area contributed by atoms with E-state index < -0.39 is 15.5 Å². The number of rotatable bonds is 5. The van der Waals surface area contributed by atoms with Gasteiger partial charge in [-0.3, -0.25) is 0 Å². The Morgan fingerprint density at radius 1 is 1.31 bits per heavy atom. The van der Waals surface area contributed by atoms with Crippen molar-refractivity contribution in [3.8, 4) is 0 Å². The van der Waals surface area contributed by atoms with Gasteiger partial charge < -0.3 is 5.32 Å². The van der Waals surface area contributed by atoms with Gasteiger partial charge >= 0.3 is 15.5 Å². The molecule has 2 aromatic heterocycles. The van der Waals surface area contributed by atoms with Crippen molar-refractivity contribution in [2.75, 3.05) is 25.0 Å². The summed E-state index contributed by atoms with van der Waals surface area (Å²) in [6.45, 7) is 2.20. The van der Waals surface area contributed by atoms with Gasteiger partial charge in [-0.15, -0.1) is 0 Å². The van der Waals surface area contributed by atoms with Gasteiger partial charge in [-0.05, 0) is 25.2 Å². The van der Waals surface area contributed by atoms with E-state index in [2.05, 4.69) is 20.4 Å². The summed E-state index contributed by atoms with van der Waals surface area (Å²) in [6.07, 6.45) is 2.84. The smallest absolute Gasteiger partial charge is 0.370 e. The fraction of sp³-hybridized carbons (Fsp3) is 0.643. The van der Waals surface area contributed by atoms with Crippen LogP contribution in [0.4, 0.5) is 19.0 Å². The average molecular weight is 392 g/mol. The van der Waals surface area contributed by atoms with Crippen LogP contribution in [0.3, 0.4) is 0 Å². The number of aromatic nitrogens is 4. The molecular formula is C14H19F3N6O2S. The SMILES string of the molecule is CCc1cc(NCC2CCN(S(=O)(=O)C(F)(F)F)CC2)n2ncnc2n1. The number of piperidine rings is 1. The number of aryl methyl sites for hydroxylation is 1. The highest BCUT2D eigenvalue weighted by molar-refractivity contribution is 7.90. The maximum Gasteiger partial charge on any atom is 0.511 e. The predicted octanol–water partition coefficient (Wildman–Crippen LogP) is 1.66. The fourth-order valence-electron chi connectivity index (χ4n) is 2.92. The molecular weight excluding hydrogens is 373 g/mol. The number of nitrogens with zero attached hydrogens (tertiary/aromatic N) is 5. The maximum absolute atomic E-state index is 12.6. The molecule has 0 unspecified atom stereocenters. The van der Waals surface area contributed by atoms with E-state index in [4.69, 9.17) is 0 Å². The van der Waals surface area contributed by atoms with E-state index >= 15 is 0 Å². The molecule has 0 saturated carbocycles. The van der Waals surface area contributed by atoms with Gasteiger partial charge in [0.2, 0.25) is 0 Å². The minimum absolute atomic E-state index is 0.0616. The highest BCUT2D eigenvalue weighted by Crippen LogP contribution is 2.30. The monoisotopic (exact) mass is 392 g/mol. The predicted molar refractivity (Wildman–Crippen MR) is 87.9 cm³/mol. The van der Waals surface area contributed by atoms with Crippen molar-refractivity contribution in [2.24, 2.45) is 5.92 Å². The second-order valence-electron chi connectivity index (χ2n) is 6.13. The Bertz CT molecular complexity index is 874. The fourth-order valence-corrected chi connectivity index (χ4v) is 3.90. The molecule has 0 radical (unpaired) electrons. The molecule has 0 amide bonds. The lowest BCUT2D eigenvalue weighted by Gasteiger charge is -2.31. The van der Waals surface area contributed by atoms with Gasteiger partial charge in [0.15, 0.2) is 0 Å². The van der Waals surface area contributed by atoms with E-state index in [9.17, 15) is 21.6 Å². The first-order valence-electron chi connectivity index (χ1n) is 8.22. The summed E-state index contributed by atoms with van der Waals surface area (Å²) >= 11 is 0. The Labute approximate surface area is 148 Å². The molecule has 1 aliphatic rings. The lowest BCUT2D eigenvalue weighted by atomic mass is 9.98. The average Bonchev–Trinajstić information content (AvgIpc) is 3.07. The number of fused-ring (bicyclic) bond motifs is 1. The van der Waals surface area contributed by atoms with Crippen LogP contribution >= 0.6 is 0 Å². The number of alkyl halides is 3. The highest BCUT2D eigenvalue weighted by atomic mass is 32.2. The van der Waals surface area contributed by atoms with Crippen molar-refractivity contribution in [3.63, 3.8) is 0 Å². The number of anilines is 1. The van der Waals surface area contributed by atoms with Crippen LogP contribution in [0.25, 0.3) is 5.78 Å². The van der Waals surface area contributed by atoms with Gasteiger partial charge in [0.25, 0.3) is 5.78 Å². The zero-order chi connectivity index (χ0) is 18.9. The molecule has 1 aliphatic heterocycles. The molecule has 8 nitrogen and oxygen atoms in total. The summed E-state index contributed by atoms with van der Waals surface area (Å²) < 4.78 is 62.8. The Morgan fingerprint density at radius 2 is 2.00 bits per heavy atom. The van der Waals surface area contributed by atoms with Crippen molar-refractivity contribution in [1.29, 1.82) is 0 Å². The third-order valence-corrected chi connectivity index (χ3v) is 6.07. The minimum atomic E-state index is -5.25. The number of nitrogens with one attached hydrogen (secondary N) is 1. The van der Waals surface area contributed by atoms with Gasteiger partial charge in [0, 0.05) is 31.4 Å². The van der Waals surface area contributed by atoms with Crippen molar-refractivity contribution in [1.82, 2.24) is 23.9 Å².